The van der Waals surface area contributed by atoms with Crippen molar-refractivity contribution in [3.8, 4) is 0 Å². The summed E-state index contributed by atoms with van der Waals surface area (Å²) in [6.07, 6.45) is 0. The van der Waals surface area contributed by atoms with Gasteiger partial charge in [-0.15, -0.1) is 0 Å². The molecule has 0 atom stereocenters. The van der Waals surface area contributed by atoms with E-state index in [0.717, 1.165) is 0 Å². The Bertz CT molecular complexity index is 488. The smallest absolute Gasteiger partial charge is 0.294 e. The van der Waals surface area contributed by atoms with Gasteiger partial charge in [0.2, 0.25) is 5.91 Å². The summed E-state index contributed by atoms with van der Waals surface area (Å²) in [5.41, 5.74) is 4.53. The average molecular weight is 272 g/mol. The third-order valence-electron chi connectivity index (χ3n) is 2.53. The number of nitrogens with zero attached hydrogens (tertiary/aromatic N) is 1. The van der Waals surface area contributed by atoms with Crippen molar-refractivity contribution in [1.82, 2.24) is 0 Å². The molecule has 0 unspecified atom stereocenters. The van der Waals surface area contributed by atoms with Gasteiger partial charge >= 0.3 is 0 Å². The van der Waals surface area contributed by atoms with Gasteiger partial charge in [-0.3, -0.25) is 14.9 Å². The molecule has 0 radical (unpaired) electrons. The number of benzene rings is 1. The lowest BCUT2D eigenvalue weighted by Gasteiger charge is -2.21. The van der Waals surface area contributed by atoms with Gasteiger partial charge in [-0.25, -0.2) is 0 Å². The van der Waals surface area contributed by atoms with Crippen LogP contribution in [-0.4, -0.2) is 17.4 Å². The number of hydrogen-bond acceptors (Lipinski definition) is 4. The van der Waals surface area contributed by atoms with E-state index in [-0.39, 0.29) is 28.8 Å². The second kappa shape index (κ2) is 5.32. The molecule has 0 saturated heterocycles. The summed E-state index contributed by atoms with van der Waals surface area (Å²) in [6.45, 7) is 3.45. The van der Waals surface area contributed by atoms with Gasteiger partial charge in [-0.05, 0) is 26.0 Å². The van der Waals surface area contributed by atoms with Crippen LogP contribution >= 0.6 is 11.6 Å². The second-order valence-electron chi connectivity index (χ2n) is 4.46. The fourth-order valence-electron chi connectivity index (χ4n) is 1.15. The van der Waals surface area contributed by atoms with Gasteiger partial charge in [0.15, 0.2) is 0 Å². The van der Waals surface area contributed by atoms with E-state index in [2.05, 4.69) is 5.32 Å². The van der Waals surface area contributed by atoms with E-state index in [4.69, 9.17) is 17.3 Å². The van der Waals surface area contributed by atoms with E-state index in [0.29, 0.717) is 0 Å². The fourth-order valence-corrected chi connectivity index (χ4v) is 1.31. The van der Waals surface area contributed by atoms with Crippen LogP contribution in [0, 0.1) is 15.5 Å². The number of halogens is 1. The number of nitro benzene ring substituents is 1. The number of nitrogens with one attached hydrogen (secondary N) is 1. The first-order valence-corrected chi connectivity index (χ1v) is 5.61. The van der Waals surface area contributed by atoms with Gasteiger partial charge < -0.3 is 11.1 Å². The normalized spacial score (nSPS) is 11.1. The highest BCUT2D eigenvalue weighted by atomic mass is 35.5. The molecule has 1 rings (SSSR count). The molecule has 0 aromatic heterocycles. The molecule has 0 aliphatic rings. The molecule has 98 valence electrons. The molecule has 0 aliphatic carbocycles. The summed E-state index contributed by atoms with van der Waals surface area (Å²) in [4.78, 5) is 22.1. The van der Waals surface area contributed by atoms with Crippen molar-refractivity contribution in [2.24, 2.45) is 11.1 Å². The highest BCUT2D eigenvalue weighted by Gasteiger charge is 2.27. The van der Waals surface area contributed by atoms with E-state index >= 15 is 0 Å². The molecule has 0 saturated carbocycles. The summed E-state index contributed by atoms with van der Waals surface area (Å²) < 4.78 is 0. The lowest BCUT2D eigenvalue weighted by atomic mass is 9.92. The largest absolute Gasteiger partial charge is 0.329 e. The van der Waals surface area contributed by atoms with Gasteiger partial charge in [0.05, 0.1) is 10.3 Å². The predicted octanol–water partition coefficient (Wildman–Crippen LogP) is 2.17. The van der Waals surface area contributed by atoms with Crippen molar-refractivity contribution in [1.29, 1.82) is 0 Å². The first-order chi connectivity index (χ1) is 8.27. The maximum atomic E-state index is 11.9. The third-order valence-corrected chi connectivity index (χ3v) is 2.76. The molecule has 1 aromatic carbocycles. The Morgan fingerprint density at radius 1 is 1.56 bits per heavy atom. The highest BCUT2D eigenvalue weighted by molar-refractivity contribution is 6.31. The molecule has 3 N–H and O–H groups in total. The standard InChI is InChI=1S/C11H14ClN3O3/c1-11(2,6-13)10(16)14-8-4-3-7(12)5-9(8)15(17)18/h3-5H,6,13H2,1-2H3,(H,14,16). The summed E-state index contributed by atoms with van der Waals surface area (Å²) in [6, 6.07) is 4.05. The van der Waals surface area contributed by atoms with Crippen molar-refractivity contribution < 1.29 is 9.72 Å². The molecule has 0 bridgehead atoms. The van der Waals surface area contributed by atoms with Crippen molar-refractivity contribution in [2.45, 2.75) is 13.8 Å². The number of nitrogens with two attached hydrogens (primary N) is 1. The Balaban J connectivity index is 3.05. The Kier molecular flexibility index (Phi) is 4.26. The molecule has 18 heavy (non-hydrogen) atoms. The Hall–Kier alpha value is -1.66. The van der Waals surface area contributed by atoms with Gasteiger partial charge in [0, 0.05) is 17.6 Å². The summed E-state index contributed by atoms with van der Waals surface area (Å²) in [5, 5.41) is 13.6. The van der Waals surface area contributed by atoms with Crippen LogP contribution in [0.1, 0.15) is 13.8 Å². The molecule has 0 aliphatic heterocycles. The minimum absolute atomic E-state index is 0.107. The monoisotopic (exact) mass is 271 g/mol. The van der Waals surface area contributed by atoms with Crippen molar-refractivity contribution in [3.63, 3.8) is 0 Å². The van der Waals surface area contributed by atoms with E-state index < -0.39 is 10.3 Å². The maximum absolute atomic E-state index is 11.9. The van der Waals surface area contributed by atoms with E-state index in [1.807, 2.05) is 0 Å². The van der Waals surface area contributed by atoms with Crippen molar-refractivity contribution in [2.75, 3.05) is 11.9 Å². The lowest BCUT2D eigenvalue weighted by Crippen LogP contribution is -2.37. The predicted molar refractivity (Wildman–Crippen MR) is 69.6 cm³/mol. The molecular formula is C11H14ClN3O3. The maximum Gasteiger partial charge on any atom is 0.294 e. The number of hydrogen-bond donors (Lipinski definition) is 2. The number of nitro groups is 1. The first-order valence-electron chi connectivity index (χ1n) is 5.23. The summed E-state index contributed by atoms with van der Waals surface area (Å²) in [7, 11) is 0. The quantitative estimate of drug-likeness (QED) is 0.647. The van der Waals surface area contributed by atoms with Gasteiger partial charge in [0.25, 0.3) is 5.69 Å². The van der Waals surface area contributed by atoms with Crippen LogP contribution < -0.4 is 11.1 Å². The highest BCUT2D eigenvalue weighted by Crippen LogP contribution is 2.29. The molecule has 7 heteroatoms. The average Bonchev–Trinajstić information content (AvgIpc) is 2.31. The zero-order chi connectivity index (χ0) is 13.9. The lowest BCUT2D eigenvalue weighted by molar-refractivity contribution is -0.383. The van der Waals surface area contributed by atoms with Crippen molar-refractivity contribution >= 4 is 28.9 Å². The topological polar surface area (TPSA) is 98.3 Å². The van der Waals surface area contributed by atoms with Gasteiger partial charge in [-0.2, -0.15) is 0 Å². The molecule has 6 nitrogen and oxygen atoms in total. The van der Waals surface area contributed by atoms with Crippen LogP contribution in [-0.2, 0) is 4.79 Å². The molecule has 0 heterocycles. The van der Waals surface area contributed by atoms with Crippen LogP contribution in [0.4, 0.5) is 11.4 Å². The Morgan fingerprint density at radius 2 is 2.17 bits per heavy atom. The molecule has 0 spiro atoms. The number of amides is 1. The van der Waals surface area contributed by atoms with E-state index in [9.17, 15) is 14.9 Å². The number of rotatable bonds is 4. The van der Waals surface area contributed by atoms with Gasteiger partial charge in [-0.1, -0.05) is 11.6 Å². The SMILES string of the molecule is CC(C)(CN)C(=O)Nc1ccc(Cl)cc1[N+](=O)[O-]. The van der Waals surface area contributed by atoms with E-state index in [1.165, 1.54) is 18.2 Å². The van der Waals surface area contributed by atoms with Gasteiger partial charge in [0.1, 0.15) is 5.69 Å². The van der Waals surface area contributed by atoms with Crippen LogP contribution in [0.3, 0.4) is 0 Å². The fraction of sp³-hybridized carbons (Fsp3) is 0.364. The molecule has 1 aromatic rings. The molecule has 0 fully saturated rings. The second-order valence-corrected chi connectivity index (χ2v) is 4.90. The summed E-state index contributed by atoms with van der Waals surface area (Å²) in [5.74, 6) is -0.379. The van der Waals surface area contributed by atoms with Crippen LogP contribution in [0.2, 0.25) is 5.02 Å². The summed E-state index contributed by atoms with van der Waals surface area (Å²) >= 11 is 5.68. The minimum atomic E-state index is -0.798. The van der Waals surface area contributed by atoms with Crippen LogP contribution in [0.25, 0.3) is 0 Å². The number of carbonyl (C=O) groups is 1. The Morgan fingerprint density at radius 3 is 2.67 bits per heavy atom. The Labute approximate surface area is 109 Å². The van der Waals surface area contributed by atoms with Crippen molar-refractivity contribution in [3.05, 3.63) is 33.3 Å². The first kappa shape index (κ1) is 14.4. The third kappa shape index (κ3) is 3.18. The number of anilines is 1. The van der Waals surface area contributed by atoms with E-state index in [1.54, 1.807) is 13.8 Å². The zero-order valence-corrected chi connectivity index (χ0v) is 10.8. The minimum Gasteiger partial charge on any atom is -0.329 e. The van der Waals surface area contributed by atoms with Crippen LogP contribution in [0.15, 0.2) is 18.2 Å². The molecule has 1 amide bonds. The number of carbonyl (C=O) groups excluding carboxylic acids is 1. The zero-order valence-electron chi connectivity index (χ0n) is 10.1. The molecular weight excluding hydrogens is 258 g/mol. The van der Waals surface area contributed by atoms with Crippen LogP contribution in [0.5, 0.6) is 0 Å².